The Kier molecular flexibility index (Phi) is 41.6. The van der Waals surface area contributed by atoms with Crippen LogP contribution in [-0.2, 0) is 32.7 Å². The van der Waals surface area contributed by atoms with E-state index in [0.717, 1.165) is 32.1 Å². The highest BCUT2D eigenvalue weighted by molar-refractivity contribution is 7.45. The van der Waals surface area contributed by atoms with Crippen LogP contribution in [0.15, 0.2) is 0 Å². The summed E-state index contributed by atoms with van der Waals surface area (Å²) in [5.41, 5.74) is 0. The lowest BCUT2D eigenvalue weighted by Gasteiger charge is -2.28. The maximum absolute atomic E-state index is 12.7. The number of esters is 2. The zero-order valence-electron chi connectivity index (χ0n) is 39.7. The highest BCUT2D eigenvalue weighted by Gasteiger charge is 2.21. The van der Waals surface area contributed by atoms with E-state index in [1.165, 1.54) is 186 Å². The number of rotatable bonds is 47. The average molecular weight is 860 g/mol. The third-order valence-corrected chi connectivity index (χ3v) is 12.3. The van der Waals surface area contributed by atoms with Gasteiger partial charge in [0, 0.05) is 12.8 Å². The Morgan fingerprint density at radius 1 is 0.458 bits per heavy atom. The Bertz CT molecular complexity index is 974. The van der Waals surface area contributed by atoms with E-state index in [0.29, 0.717) is 17.4 Å². The van der Waals surface area contributed by atoms with Gasteiger partial charge >= 0.3 is 11.9 Å². The largest absolute Gasteiger partial charge is 0.756 e. The average Bonchev–Trinajstić information content (AvgIpc) is 3.19. The lowest BCUT2D eigenvalue weighted by molar-refractivity contribution is -0.870. The van der Waals surface area contributed by atoms with Crippen molar-refractivity contribution in [3.63, 3.8) is 0 Å². The normalized spacial score (nSPS) is 13.4. The molecule has 0 radical (unpaired) electrons. The first-order valence-corrected chi connectivity index (χ1v) is 26.7. The molecule has 0 aliphatic rings. The van der Waals surface area contributed by atoms with Crippen molar-refractivity contribution in [2.45, 2.75) is 258 Å². The molecular weight excluding hydrogens is 762 g/mol. The molecule has 0 aromatic heterocycles. The molecule has 0 spiro atoms. The molecule has 0 aliphatic carbocycles. The molecule has 0 saturated heterocycles. The number of hydrogen-bond acceptors (Lipinski definition) is 8. The SMILES string of the molecule is CCCCCCCCCCCCCCCCCCCCCC(=O)OC[C@H](COP(=O)([O-])OCC[N+](C)(C)C)OC(=O)CCCCCCCCCCCCCCCCCC. The van der Waals surface area contributed by atoms with Gasteiger partial charge in [0.05, 0.1) is 27.7 Å². The fourth-order valence-corrected chi connectivity index (χ4v) is 8.15. The lowest BCUT2D eigenvalue weighted by atomic mass is 10.0. The second-order valence-corrected chi connectivity index (χ2v) is 20.0. The minimum absolute atomic E-state index is 0.0254. The van der Waals surface area contributed by atoms with Gasteiger partial charge in [-0.15, -0.1) is 0 Å². The van der Waals surface area contributed by atoms with Crippen molar-refractivity contribution >= 4 is 19.8 Å². The van der Waals surface area contributed by atoms with E-state index in [2.05, 4.69) is 13.8 Å². The smallest absolute Gasteiger partial charge is 0.306 e. The quantitative estimate of drug-likeness (QED) is 0.0257. The van der Waals surface area contributed by atoms with Crippen LogP contribution in [0, 0.1) is 0 Å². The molecule has 0 aromatic carbocycles. The lowest BCUT2D eigenvalue weighted by Crippen LogP contribution is -2.37. The summed E-state index contributed by atoms with van der Waals surface area (Å²) in [6.07, 6.45) is 44.1. The second-order valence-electron chi connectivity index (χ2n) is 18.6. The molecular formula is C49H98NO8P. The summed E-state index contributed by atoms with van der Waals surface area (Å²) in [5, 5.41) is 0. The van der Waals surface area contributed by atoms with Gasteiger partial charge in [-0.05, 0) is 12.8 Å². The summed E-state index contributed by atoms with van der Waals surface area (Å²) in [4.78, 5) is 37.7. The molecule has 0 rings (SSSR count). The molecule has 0 saturated carbocycles. The number of phosphoric ester groups is 1. The highest BCUT2D eigenvalue weighted by atomic mass is 31.2. The Hall–Kier alpha value is -0.990. The number of ether oxygens (including phenoxy) is 2. The van der Waals surface area contributed by atoms with Crippen molar-refractivity contribution < 1.29 is 42.1 Å². The minimum Gasteiger partial charge on any atom is -0.756 e. The Morgan fingerprint density at radius 2 is 0.763 bits per heavy atom. The van der Waals surface area contributed by atoms with E-state index in [4.69, 9.17) is 18.5 Å². The van der Waals surface area contributed by atoms with Crippen LogP contribution >= 0.6 is 7.82 Å². The van der Waals surface area contributed by atoms with Crippen molar-refractivity contribution in [2.75, 3.05) is 47.5 Å². The number of carbonyl (C=O) groups is 2. The van der Waals surface area contributed by atoms with Gasteiger partial charge in [-0.1, -0.05) is 226 Å². The molecule has 9 nitrogen and oxygen atoms in total. The number of likely N-dealkylation sites (N-methyl/N-ethyl adjacent to an activating group) is 1. The van der Waals surface area contributed by atoms with Crippen LogP contribution in [-0.4, -0.2) is 70.0 Å². The van der Waals surface area contributed by atoms with Crippen molar-refractivity contribution in [3.8, 4) is 0 Å². The third-order valence-electron chi connectivity index (χ3n) is 11.4. The topological polar surface area (TPSA) is 111 Å². The Balaban J connectivity index is 4.21. The van der Waals surface area contributed by atoms with Gasteiger partial charge in [-0.25, -0.2) is 0 Å². The molecule has 10 heteroatoms. The molecule has 2 atom stereocenters. The summed E-state index contributed by atoms with van der Waals surface area (Å²) < 4.78 is 34.0. The zero-order chi connectivity index (χ0) is 43.6. The van der Waals surface area contributed by atoms with Crippen LogP contribution in [0.5, 0.6) is 0 Å². The maximum Gasteiger partial charge on any atom is 0.306 e. The molecule has 0 amide bonds. The molecule has 59 heavy (non-hydrogen) atoms. The predicted octanol–water partition coefficient (Wildman–Crippen LogP) is 14.1. The van der Waals surface area contributed by atoms with Crippen LogP contribution in [0.25, 0.3) is 0 Å². The van der Waals surface area contributed by atoms with E-state index in [1.807, 2.05) is 21.1 Å². The predicted molar refractivity (Wildman–Crippen MR) is 245 cm³/mol. The number of unbranched alkanes of at least 4 members (excludes halogenated alkanes) is 33. The first-order valence-electron chi connectivity index (χ1n) is 25.2. The van der Waals surface area contributed by atoms with Gasteiger partial charge in [-0.2, -0.15) is 0 Å². The summed E-state index contributed by atoms with van der Waals surface area (Å²) in [7, 11) is 1.19. The van der Waals surface area contributed by atoms with E-state index in [9.17, 15) is 19.0 Å². The minimum atomic E-state index is -4.62. The Morgan fingerprint density at radius 3 is 1.08 bits per heavy atom. The number of hydrogen-bond donors (Lipinski definition) is 0. The fraction of sp³-hybridized carbons (Fsp3) is 0.959. The summed E-state index contributed by atoms with van der Waals surface area (Å²) in [5.74, 6) is -0.814. The summed E-state index contributed by atoms with van der Waals surface area (Å²) in [6.45, 7) is 4.29. The molecule has 1 unspecified atom stereocenters. The monoisotopic (exact) mass is 860 g/mol. The van der Waals surface area contributed by atoms with E-state index in [-0.39, 0.29) is 32.0 Å². The molecule has 0 fully saturated rings. The van der Waals surface area contributed by atoms with Crippen LogP contribution in [0.4, 0.5) is 0 Å². The van der Waals surface area contributed by atoms with Gasteiger partial charge in [0.2, 0.25) is 0 Å². The standard InChI is InChI=1S/C49H98NO8P/c1-6-8-10-12-14-16-18-20-22-24-25-26-28-29-31-33-35-37-39-41-48(51)55-45-47(46-57-59(53,54)56-44-43-50(3,4)5)58-49(52)42-40-38-36-34-32-30-27-23-21-19-17-15-13-11-9-7-2/h47H,6-46H2,1-5H3/t47-/m1/s1. The molecule has 0 aliphatic heterocycles. The molecule has 352 valence electrons. The van der Waals surface area contributed by atoms with Crippen LogP contribution in [0.2, 0.25) is 0 Å². The number of phosphoric acid groups is 1. The van der Waals surface area contributed by atoms with Gasteiger partial charge in [0.15, 0.2) is 6.10 Å². The van der Waals surface area contributed by atoms with Gasteiger partial charge in [0.1, 0.15) is 19.8 Å². The van der Waals surface area contributed by atoms with Gasteiger partial charge < -0.3 is 27.9 Å². The second kappa shape index (κ2) is 42.3. The summed E-state index contributed by atoms with van der Waals surface area (Å²) >= 11 is 0. The van der Waals surface area contributed by atoms with E-state index in [1.54, 1.807) is 0 Å². The third kappa shape index (κ3) is 46.3. The molecule has 0 N–H and O–H groups in total. The maximum atomic E-state index is 12.7. The molecule has 0 heterocycles. The summed E-state index contributed by atoms with van der Waals surface area (Å²) in [6, 6.07) is 0. The number of quaternary nitrogens is 1. The van der Waals surface area contributed by atoms with Crippen molar-refractivity contribution in [2.24, 2.45) is 0 Å². The van der Waals surface area contributed by atoms with Crippen molar-refractivity contribution in [1.29, 1.82) is 0 Å². The van der Waals surface area contributed by atoms with E-state index < -0.39 is 26.5 Å². The fourth-order valence-electron chi connectivity index (χ4n) is 7.42. The number of carbonyl (C=O) groups excluding carboxylic acids is 2. The first-order chi connectivity index (χ1) is 28.5. The van der Waals surface area contributed by atoms with Crippen LogP contribution in [0.1, 0.15) is 251 Å². The zero-order valence-corrected chi connectivity index (χ0v) is 40.6. The molecule has 0 aromatic rings. The number of nitrogens with zero attached hydrogens (tertiary/aromatic N) is 1. The first kappa shape index (κ1) is 58.0. The highest BCUT2D eigenvalue weighted by Crippen LogP contribution is 2.38. The van der Waals surface area contributed by atoms with Crippen LogP contribution in [0.3, 0.4) is 0 Å². The molecule has 0 bridgehead atoms. The van der Waals surface area contributed by atoms with Crippen molar-refractivity contribution in [1.82, 2.24) is 0 Å². The van der Waals surface area contributed by atoms with Gasteiger partial charge in [0.25, 0.3) is 7.82 Å². The van der Waals surface area contributed by atoms with Crippen LogP contribution < -0.4 is 4.89 Å². The van der Waals surface area contributed by atoms with Crippen molar-refractivity contribution in [3.05, 3.63) is 0 Å². The van der Waals surface area contributed by atoms with Gasteiger partial charge in [-0.3, -0.25) is 14.2 Å². The van der Waals surface area contributed by atoms with E-state index >= 15 is 0 Å². The Labute approximate surface area is 365 Å².